The summed E-state index contributed by atoms with van der Waals surface area (Å²) in [5, 5.41) is 0. The van der Waals surface area contributed by atoms with Gasteiger partial charge in [0.2, 0.25) is 0 Å². The van der Waals surface area contributed by atoms with Crippen LogP contribution in [0.25, 0.3) is 0 Å². The fourth-order valence-electron chi connectivity index (χ4n) is 1.96. The van der Waals surface area contributed by atoms with Gasteiger partial charge in [0.05, 0.1) is 9.30 Å². The van der Waals surface area contributed by atoms with Crippen molar-refractivity contribution in [2.75, 3.05) is 0 Å². The van der Waals surface area contributed by atoms with E-state index in [1.807, 2.05) is 24.3 Å². The minimum atomic E-state index is -0.468. The molecule has 2 aromatic rings. The van der Waals surface area contributed by atoms with Gasteiger partial charge in [0, 0.05) is 5.56 Å². The monoisotopic (exact) mass is 402 g/mol. The maximum atomic E-state index is 13.9. The molecule has 0 N–H and O–H groups in total. The Hall–Kier alpha value is -0.740. The van der Waals surface area contributed by atoms with Crippen LogP contribution < -0.4 is 0 Å². The summed E-state index contributed by atoms with van der Waals surface area (Å²) >= 11 is 6.42. The van der Waals surface area contributed by atoms with Crippen molar-refractivity contribution in [3.8, 4) is 0 Å². The average molecular weight is 404 g/mol. The van der Waals surface area contributed by atoms with Crippen LogP contribution in [0.2, 0.25) is 0 Å². The Morgan fingerprint density at radius 2 is 1.45 bits per heavy atom. The fraction of sp³-hybridized carbons (Fsp3) is 0.250. The number of hydrogen-bond acceptors (Lipinski definition) is 0. The molecule has 0 heterocycles. The van der Waals surface area contributed by atoms with Crippen LogP contribution >= 0.6 is 31.9 Å². The predicted molar refractivity (Wildman–Crippen MR) is 85.4 cm³/mol. The maximum absolute atomic E-state index is 13.9. The van der Waals surface area contributed by atoms with Crippen LogP contribution in [0.3, 0.4) is 0 Å². The molecule has 106 valence electrons. The van der Waals surface area contributed by atoms with Gasteiger partial charge in [-0.25, -0.2) is 8.78 Å². The van der Waals surface area contributed by atoms with Crippen LogP contribution in [0.1, 0.15) is 41.3 Å². The third-order valence-electron chi connectivity index (χ3n) is 3.21. The summed E-state index contributed by atoms with van der Waals surface area (Å²) in [4.78, 5) is -0.369. The Balaban J connectivity index is 2.36. The second kappa shape index (κ2) is 6.35. The van der Waals surface area contributed by atoms with Crippen LogP contribution in [-0.2, 0) is 0 Å². The minimum Gasteiger partial charge on any atom is -0.207 e. The van der Waals surface area contributed by atoms with Gasteiger partial charge in [-0.2, -0.15) is 0 Å². The highest BCUT2D eigenvalue weighted by molar-refractivity contribution is 9.10. The molecule has 0 amide bonds. The van der Waals surface area contributed by atoms with Gasteiger partial charge in [-0.3, -0.25) is 0 Å². The lowest BCUT2D eigenvalue weighted by atomic mass is 9.98. The van der Waals surface area contributed by atoms with E-state index in [9.17, 15) is 8.78 Å². The van der Waals surface area contributed by atoms with Crippen molar-refractivity contribution in [1.29, 1.82) is 0 Å². The van der Waals surface area contributed by atoms with E-state index in [4.69, 9.17) is 0 Å². The van der Waals surface area contributed by atoms with Crippen molar-refractivity contribution >= 4 is 31.9 Å². The van der Waals surface area contributed by atoms with E-state index < -0.39 is 11.6 Å². The molecular formula is C16H14Br2F2. The first kappa shape index (κ1) is 15.6. The van der Waals surface area contributed by atoms with E-state index >= 15 is 0 Å². The molecular weight excluding hydrogens is 390 g/mol. The van der Waals surface area contributed by atoms with E-state index in [1.165, 1.54) is 11.6 Å². The van der Waals surface area contributed by atoms with E-state index in [-0.39, 0.29) is 9.30 Å². The quantitative estimate of drug-likeness (QED) is 0.414. The summed E-state index contributed by atoms with van der Waals surface area (Å²) in [6.45, 7) is 4.23. The molecule has 0 aliphatic rings. The lowest BCUT2D eigenvalue weighted by Crippen LogP contribution is -1.99. The molecule has 2 aromatic carbocycles. The molecule has 1 unspecified atom stereocenters. The summed E-state index contributed by atoms with van der Waals surface area (Å²) in [7, 11) is 0. The van der Waals surface area contributed by atoms with Gasteiger partial charge in [0.15, 0.2) is 0 Å². The number of alkyl halides is 1. The maximum Gasteiger partial charge on any atom is 0.137 e. The van der Waals surface area contributed by atoms with Gasteiger partial charge in [-0.05, 0) is 45.1 Å². The standard InChI is InChI=1S/C16H14Br2F2/c1-9(2)10-3-5-11(6-4-10)16(18)12-7-15(20)13(17)8-14(12)19/h3-9,16H,1-2H3. The van der Waals surface area contributed by atoms with E-state index in [1.54, 1.807) is 0 Å². The molecule has 0 nitrogen and oxygen atoms in total. The first-order valence-electron chi connectivity index (χ1n) is 6.28. The third kappa shape index (κ3) is 3.29. The Bertz CT molecular complexity index is 607. The number of benzene rings is 2. The third-order valence-corrected chi connectivity index (χ3v) is 4.84. The second-order valence-corrected chi connectivity index (χ2v) is 6.74. The topological polar surface area (TPSA) is 0 Å². The highest BCUT2D eigenvalue weighted by atomic mass is 79.9. The summed E-state index contributed by atoms with van der Waals surface area (Å²) in [5.74, 6) is -0.461. The SMILES string of the molecule is CC(C)c1ccc(C(Br)c2cc(F)c(Br)cc2F)cc1. The van der Waals surface area contributed by atoms with Crippen molar-refractivity contribution < 1.29 is 8.78 Å². The fourth-order valence-corrected chi connectivity index (χ4v) is 2.93. The smallest absolute Gasteiger partial charge is 0.137 e. The summed E-state index contributed by atoms with van der Waals surface area (Å²) in [5.41, 5.74) is 2.41. The lowest BCUT2D eigenvalue weighted by molar-refractivity contribution is 0.583. The molecule has 4 heteroatoms. The number of halogens is 4. The van der Waals surface area contributed by atoms with Crippen LogP contribution in [-0.4, -0.2) is 0 Å². The molecule has 1 atom stereocenters. The largest absolute Gasteiger partial charge is 0.207 e. The Kier molecular flexibility index (Phi) is 4.97. The zero-order chi connectivity index (χ0) is 14.9. The lowest BCUT2D eigenvalue weighted by Gasteiger charge is -2.14. The van der Waals surface area contributed by atoms with Crippen molar-refractivity contribution in [2.45, 2.75) is 24.6 Å². The number of rotatable bonds is 3. The normalized spacial score (nSPS) is 12.8. The molecule has 0 radical (unpaired) electrons. The van der Waals surface area contributed by atoms with Gasteiger partial charge < -0.3 is 0 Å². The molecule has 0 aliphatic carbocycles. The Labute approximate surface area is 134 Å². The zero-order valence-electron chi connectivity index (χ0n) is 11.1. The molecule has 0 fully saturated rings. The van der Waals surface area contributed by atoms with Crippen LogP contribution in [0, 0.1) is 11.6 Å². The summed E-state index contributed by atoms with van der Waals surface area (Å²) in [6.07, 6.45) is 0. The van der Waals surface area contributed by atoms with Crippen molar-refractivity contribution in [3.05, 3.63) is 69.2 Å². The zero-order valence-corrected chi connectivity index (χ0v) is 14.3. The molecule has 0 bridgehead atoms. The van der Waals surface area contributed by atoms with Gasteiger partial charge in [0.1, 0.15) is 11.6 Å². The molecule has 20 heavy (non-hydrogen) atoms. The van der Waals surface area contributed by atoms with E-state index in [0.29, 0.717) is 11.5 Å². The first-order valence-corrected chi connectivity index (χ1v) is 7.99. The molecule has 2 rings (SSSR count). The van der Waals surface area contributed by atoms with Crippen LogP contribution in [0.15, 0.2) is 40.9 Å². The van der Waals surface area contributed by atoms with E-state index in [0.717, 1.165) is 11.6 Å². The van der Waals surface area contributed by atoms with Crippen molar-refractivity contribution in [1.82, 2.24) is 0 Å². The molecule has 0 saturated carbocycles. The summed E-state index contributed by atoms with van der Waals surface area (Å²) in [6, 6.07) is 10.3. The van der Waals surface area contributed by atoms with Crippen molar-refractivity contribution in [3.63, 3.8) is 0 Å². The highest BCUT2D eigenvalue weighted by Crippen LogP contribution is 2.35. The number of hydrogen-bond donors (Lipinski definition) is 0. The van der Waals surface area contributed by atoms with Crippen LogP contribution in [0.4, 0.5) is 8.78 Å². The van der Waals surface area contributed by atoms with Gasteiger partial charge in [-0.1, -0.05) is 54.0 Å². The van der Waals surface area contributed by atoms with Gasteiger partial charge >= 0.3 is 0 Å². The average Bonchev–Trinajstić information content (AvgIpc) is 2.42. The van der Waals surface area contributed by atoms with E-state index in [2.05, 4.69) is 45.7 Å². The molecule has 0 aromatic heterocycles. The highest BCUT2D eigenvalue weighted by Gasteiger charge is 2.17. The second-order valence-electron chi connectivity index (χ2n) is 4.97. The summed E-state index contributed by atoms with van der Waals surface area (Å²) < 4.78 is 27.7. The Morgan fingerprint density at radius 1 is 0.900 bits per heavy atom. The molecule has 0 aliphatic heterocycles. The molecule has 0 saturated heterocycles. The van der Waals surface area contributed by atoms with Gasteiger partial charge in [0.25, 0.3) is 0 Å². The minimum absolute atomic E-state index is 0.133. The van der Waals surface area contributed by atoms with Crippen molar-refractivity contribution in [2.24, 2.45) is 0 Å². The first-order chi connectivity index (χ1) is 9.40. The Morgan fingerprint density at radius 3 is 2.00 bits per heavy atom. The van der Waals surface area contributed by atoms with Crippen LogP contribution in [0.5, 0.6) is 0 Å². The predicted octanol–water partition coefficient (Wildman–Crippen LogP) is 6.34. The van der Waals surface area contributed by atoms with Gasteiger partial charge in [-0.15, -0.1) is 0 Å². The molecule has 0 spiro atoms.